The van der Waals surface area contributed by atoms with Crippen LogP contribution in [0.5, 0.6) is 0 Å². The Kier molecular flexibility index (Phi) is 14.1. The second-order valence-electron chi connectivity index (χ2n) is 11.2. The van der Waals surface area contributed by atoms with E-state index in [1.165, 1.54) is 29.3 Å². The van der Waals surface area contributed by atoms with Gasteiger partial charge >= 0.3 is 5.97 Å². The van der Waals surface area contributed by atoms with E-state index < -0.39 is 23.6 Å². The Morgan fingerprint density at radius 1 is 1.00 bits per heavy atom. The largest absolute Gasteiger partial charge is 0.478 e. The first-order valence-corrected chi connectivity index (χ1v) is 16.5. The lowest BCUT2D eigenvalue weighted by Gasteiger charge is -2.35. The van der Waals surface area contributed by atoms with Crippen molar-refractivity contribution in [2.24, 2.45) is 5.10 Å². The number of piperazine rings is 1. The Morgan fingerprint density at radius 2 is 1.72 bits per heavy atom. The molecule has 264 valence electrons. The second kappa shape index (κ2) is 18.6. The van der Waals surface area contributed by atoms with E-state index in [9.17, 15) is 33.5 Å². The molecule has 4 N–H and O–H groups in total. The molecule has 1 aliphatic heterocycles. The van der Waals surface area contributed by atoms with Gasteiger partial charge in [-0.05, 0) is 52.2 Å². The number of pyridine rings is 1. The van der Waals surface area contributed by atoms with Gasteiger partial charge in [-0.15, -0.1) is 0 Å². The summed E-state index contributed by atoms with van der Waals surface area (Å²) in [6, 6.07) is 13.2. The van der Waals surface area contributed by atoms with Crippen molar-refractivity contribution in [3.8, 4) is 0 Å². The van der Waals surface area contributed by atoms with Crippen molar-refractivity contribution >= 4 is 51.7 Å². The zero-order valence-electron chi connectivity index (χ0n) is 27.3. The first kappa shape index (κ1) is 37.8. The van der Waals surface area contributed by atoms with Crippen molar-refractivity contribution in [3.05, 3.63) is 98.5 Å². The molecule has 0 bridgehead atoms. The van der Waals surface area contributed by atoms with Crippen LogP contribution in [0, 0.1) is 12.7 Å². The normalized spacial score (nSPS) is 13.1. The van der Waals surface area contributed by atoms with Gasteiger partial charge in [0.15, 0.2) is 0 Å². The van der Waals surface area contributed by atoms with Gasteiger partial charge in [0.05, 0.1) is 36.6 Å². The quantitative estimate of drug-likeness (QED) is 0.0736. The van der Waals surface area contributed by atoms with Gasteiger partial charge in [0.25, 0.3) is 11.8 Å². The number of benzene rings is 2. The minimum absolute atomic E-state index is 0.0572. The molecule has 2 heterocycles. The number of amides is 4. The minimum Gasteiger partial charge on any atom is -0.478 e. The monoisotopic (exact) mass is 753 g/mol. The van der Waals surface area contributed by atoms with E-state index in [0.29, 0.717) is 41.8 Å². The van der Waals surface area contributed by atoms with Gasteiger partial charge in [-0.25, -0.2) is 19.6 Å². The summed E-state index contributed by atoms with van der Waals surface area (Å²) in [6.07, 6.45) is 2.05. The average molecular weight is 755 g/mol. The number of nitrogens with one attached hydrogen (secondary N) is 3. The van der Waals surface area contributed by atoms with Gasteiger partial charge < -0.3 is 30.3 Å². The molecule has 0 aliphatic carbocycles. The van der Waals surface area contributed by atoms with Gasteiger partial charge in [-0.1, -0.05) is 30.3 Å². The van der Waals surface area contributed by atoms with Crippen LogP contribution >= 0.6 is 15.9 Å². The summed E-state index contributed by atoms with van der Waals surface area (Å²) in [4.78, 5) is 67.7. The maximum atomic E-state index is 14.9. The molecule has 0 spiro atoms. The van der Waals surface area contributed by atoms with Crippen molar-refractivity contribution in [2.45, 2.75) is 13.3 Å². The number of halogens is 2. The van der Waals surface area contributed by atoms with Crippen LogP contribution in [0.2, 0.25) is 0 Å². The van der Waals surface area contributed by atoms with Crippen molar-refractivity contribution in [3.63, 3.8) is 0 Å². The van der Waals surface area contributed by atoms with Gasteiger partial charge in [0.2, 0.25) is 12.3 Å². The molecule has 16 heteroatoms. The number of ether oxygens (including phenoxy) is 1. The summed E-state index contributed by atoms with van der Waals surface area (Å²) in [5.74, 6) is -3.18. The summed E-state index contributed by atoms with van der Waals surface area (Å²) in [6.45, 7) is 3.97. The molecule has 0 saturated carbocycles. The van der Waals surface area contributed by atoms with Crippen LogP contribution in [0.1, 0.15) is 47.9 Å². The maximum Gasteiger partial charge on any atom is 0.338 e. The van der Waals surface area contributed by atoms with Crippen molar-refractivity contribution < 1.29 is 38.2 Å². The van der Waals surface area contributed by atoms with E-state index in [2.05, 4.69) is 42.1 Å². The number of aromatic nitrogens is 1. The zero-order chi connectivity index (χ0) is 36.0. The summed E-state index contributed by atoms with van der Waals surface area (Å²) in [5, 5.41) is 19.0. The summed E-state index contributed by atoms with van der Waals surface area (Å²) in [7, 11) is 0. The molecule has 1 aliphatic rings. The summed E-state index contributed by atoms with van der Waals surface area (Å²) in [5.41, 5.74) is 4.80. The number of hydrazone groups is 1. The van der Waals surface area contributed by atoms with Crippen molar-refractivity contribution in [1.29, 1.82) is 0 Å². The first-order chi connectivity index (χ1) is 24.1. The molecule has 2 aromatic carbocycles. The predicted molar refractivity (Wildman–Crippen MR) is 184 cm³/mol. The van der Waals surface area contributed by atoms with Crippen molar-refractivity contribution in [2.75, 3.05) is 59.0 Å². The SMILES string of the molecule is Cc1ccccc1/C(Cc1ccc(F)c(C(=O)N2CCN(C(=O)CNCCOCCNC(=O)c3ncc(Br)cc3C(=O)O)CC2)c1)=N\NC=O. The number of hydrogen-bond donors (Lipinski definition) is 4. The van der Waals surface area contributed by atoms with Gasteiger partial charge in [-0.2, -0.15) is 5.10 Å². The fourth-order valence-electron chi connectivity index (χ4n) is 5.22. The van der Waals surface area contributed by atoms with E-state index >= 15 is 0 Å². The van der Waals surface area contributed by atoms with E-state index in [0.717, 1.165) is 11.1 Å². The average Bonchev–Trinajstić information content (AvgIpc) is 3.11. The molecule has 1 fully saturated rings. The topological polar surface area (TPSA) is 183 Å². The molecule has 0 unspecified atom stereocenters. The minimum atomic E-state index is -1.27. The highest BCUT2D eigenvalue weighted by molar-refractivity contribution is 9.10. The van der Waals surface area contributed by atoms with Gasteiger partial charge in [0, 0.05) is 61.9 Å². The number of carbonyl (C=O) groups is 5. The van der Waals surface area contributed by atoms with E-state index in [1.54, 1.807) is 11.0 Å². The molecule has 1 saturated heterocycles. The van der Waals surface area contributed by atoms with E-state index in [4.69, 9.17) is 4.74 Å². The fraction of sp³-hybridized carbons (Fsp3) is 0.324. The fourth-order valence-corrected chi connectivity index (χ4v) is 5.55. The van der Waals surface area contributed by atoms with Crippen LogP contribution in [0.3, 0.4) is 0 Å². The number of nitrogens with zero attached hydrogens (tertiary/aromatic N) is 4. The molecule has 14 nitrogen and oxygen atoms in total. The van der Waals surface area contributed by atoms with E-state index in [-0.39, 0.29) is 68.5 Å². The zero-order valence-corrected chi connectivity index (χ0v) is 28.9. The van der Waals surface area contributed by atoms with Crippen LogP contribution < -0.4 is 16.1 Å². The standard InChI is InChI=1S/C34H37BrFN7O7/c1-22-4-2-3-5-25(22)29(41-40-21-44)17-23-6-7-28(36)26(16-23)33(47)43-12-10-42(11-13-43)30(45)20-37-8-14-50-15-9-38-32(46)31-27(34(48)49)18-24(35)19-39-31/h2-7,16,18-19,21,37H,8-15,17,20H2,1H3,(H,38,46)(H,40,44)(H,48,49)/b41-29-. The highest BCUT2D eigenvalue weighted by Gasteiger charge is 2.26. The third kappa shape index (κ3) is 10.5. The number of carboxylic acids is 1. The molecule has 4 rings (SSSR count). The van der Waals surface area contributed by atoms with Gasteiger partial charge in [0.1, 0.15) is 11.5 Å². The smallest absolute Gasteiger partial charge is 0.338 e. The van der Waals surface area contributed by atoms with Crippen LogP contribution in [-0.4, -0.2) is 115 Å². The molecule has 0 atom stereocenters. The Morgan fingerprint density at radius 3 is 2.44 bits per heavy atom. The van der Waals surface area contributed by atoms with Crippen LogP contribution in [-0.2, 0) is 20.7 Å². The molecule has 4 amide bonds. The molecule has 1 aromatic heterocycles. The van der Waals surface area contributed by atoms with E-state index in [1.807, 2.05) is 31.2 Å². The lowest BCUT2D eigenvalue weighted by Crippen LogP contribution is -2.52. The number of hydrogen-bond acceptors (Lipinski definition) is 9. The Bertz CT molecular complexity index is 1750. The van der Waals surface area contributed by atoms with Crippen LogP contribution in [0.25, 0.3) is 0 Å². The Hall–Kier alpha value is -5.06. The Labute approximate surface area is 296 Å². The molecular formula is C34H37BrFN7O7. The second-order valence-corrected chi connectivity index (χ2v) is 12.1. The van der Waals surface area contributed by atoms with Gasteiger partial charge in [-0.3, -0.25) is 19.2 Å². The highest BCUT2D eigenvalue weighted by Crippen LogP contribution is 2.19. The number of aromatic carboxylic acids is 1. The summed E-state index contributed by atoms with van der Waals surface area (Å²) >= 11 is 3.13. The summed E-state index contributed by atoms with van der Waals surface area (Å²) < 4.78 is 20.8. The predicted octanol–water partition coefficient (Wildman–Crippen LogP) is 2.00. The van der Waals surface area contributed by atoms with Crippen molar-refractivity contribution in [1.82, 2.24) is 30.8 Å². The third-order valence-corrected chi connectivity index (χ3v) is 8.23. The molecule has 3 aromatic rings. The number of rotatable bonds is 16. The first-order valence-electron chi connectivity index (χ1n) is 15.7. The lowest BCUT2D eigenvalue weighted by atomic mass is 9.97. The number of carbonyl (C=O) groups excluding carboxylic acids is 4. The molecule has 50 heavy (non-hydrogen) atoms. The van der Waals surface area contributed by atoms with Crippen LogP contribution in [0.4, 0.5) is 4.39 Å². The molecule has 0 radical (unpaired) electrons. The Balaban J connectivity index is 1.17. The number of carboxylic acid groups (broad SMARTS) is 1. The molecular weight excluding hydrogens is 717 g/mol. The number of aryl methyl sites for hydroxylation is 1. The van der Waals surface area contributed by atoms with Crippen LogP contribution in [0.15, 0.2) is 64.3 Å². The third-order valence-electron chi connectivity index (χ3n) is 7.79. The maximum absolute atomic E-state index is 14.9. The highest BCUT2D eigenvalue weighted by atomic mass is 79.9. The lowest BCUT2D eigenvalue weighted by molar-refractivity contribution is -0.131.